The number of carbonyl (C=O) groups excluding carboxylic acids is 2. The van der Waals surface area contributed by atoms with Gasteiger partial charge in [0.25, 0.3) is 0 Å². The number of anilines is 1. The van der Waals surface area contributed by atoms with E-state index < -0.39 is 0 Å². The molecule has 0 atom stereocenters. The topological polar surface area (TPSA) is 64.7 Å². The van der Waals surface area contributed by atoms with E-state index in [2.05, 4.69) is 43.2 Å². The van der Waals surface area contributed by atoms with Crippen molar-refractivity contribution in [3.8, 4) is 0 Å². The van der Waals surface area contributed by atoms with Crippen LogP contribution < -0.4 is 10.6 Å². The van der Waals surface area contributed by atoms with Gasteiger partial charge < -0.3 is 15.5 Å². The maximum absolute atomic E-state index is 12.4. The van der Waals surface area contributed by atoms with Crippen molar-refractivity contribution < 1.29 is 9.59 Å². The minimum atomic E-state index is -0.000946. The monoisotopic (exact) mass is 374 g/mol. The van der Waals surface area contributed by atoms with Crippen molar-refractivity contribution in [1.82, 2.24) is 15.1 Å². The maximum Gasteiger partial charge on any atom is 0.317 e. The van der Waals surface area contributed by atoms with E-state index in [1.807, 2.05) is 29.2 Å². The number of para-hydroxylation sites is 1. The van der Waals surface area contributed by atoms with Crippen molar-refractivity contribution in [2.24, 2.45) is 5.41 Å². The minimum absolute atomic E-state index is 0.000208. The van der Waals surface area contributed by atoms with Gasteiger partial charge in [-0.1, -0.05) is 45.9 Å². The molecule has 1 heterocycles. The second-order valence-electron chi connectivity index (χ2n) is 8.36. The highest BCUT2D eigenvalue weighted by molar-refractivity contribution is 5.93. The third-order valence-corrected chi connectivity index (χ3v) is 4.85. The Kier molecular flexibility index (Phi) is 7.66. The molecule has 1 aromatic rings. The molecule has 150 valence electrons. The lowest BCUT2D eigenvalue weighted by molar-refractivity contribution is -0.117. The summed E-state index contributed by atoms with van der Waals surface area (Å²) in [5.41, 5.74) is 2.25. The summed E-state index contributed by atoms with van der Waals surface area (Å²) in [5, 5.41) is 6.01. The lowest BCUT2D eigenvalue weighted by atomic mass is 9.92. The number of nitrogens with one attached hydrogen (secondary N) is 2. The molecule has 27 heavy (non-hydrogen) atoms. The largest absolute Gasteiger partial charge is 0.338 e. The second-order valence-corrected chi connectivity index (χ2v) is 8.36. The van der Waals surface area contributed by atoms with Crippen LogP contribution in [-0.2, 0) is 11.2 Å². The SMILES string of the molecule is CCc1ccccc1NC(=O)CN1CCN(C(=O)NCCC(C)(C)C)CC1. The number of benzene rings is 1. The number of amides is 3. The highest BCUT2D eigenvalue weighted by atomic mass is 16.2. The molecule has 1 aliphatic heterocycles. The van der Waals surface area contributed by atoms with Gasteiger partial charge in [-0.2, -0.15) is 0 Å². The molecule has 3 amide bonds. The molecule has 0 saturated carbocycles. The van der Waals surface area contributed by atoms with E-state index in [0.29, 0.717) is 26.2 Å². The van der Waals surface area contributed by atoms with Crippen LogP contribution in [0.2, 0.25) is 0 Å². The van der Waals surface area contributed by atoms with Gasteiger partial charge in [-0.3, -0.25) is 9.69 Å². The summed E-state index contributed by atoms with van der Waals surface area (Å²) < 4.78 is 0. The van der Waals surface area contributed by atoms with Gasteiger partial charge in [-0.15, -0.1) is 0 Å². The van der Waals surface area contributed by atoms with Gasteiger partial charge in [0.1, 0.15) is 0 Å². The number of hydrogen-bond donors (Lipinski definition) is 2. The highest BCUT2D eigenvalue weighted by Gasteiger charge is 2.22. The van der Waals surface area contributed by atoms with Crippen molar-refractivity contribution in [1.29, 1.82) is 0 Å². The first-order chi connectivity index (χ1) is 12.8. The fourth-order valence-corrected chi connectivity index (χ4v) is 3.11. The van der Waals surface area contributed by atoms with Crippen LogP contribution in [-0.4, -0.2) is 61.0 Å². The number of carbonyl (C=O) groups is 2. The zero-order valence-corrected chi connectivity index (χ0v) is 17.2. The normalized spacial score (nSPS) is 15.5. The quantitative estimate of drug-likeness (QED) is 0.805. The van der Waals surface area contributed by atoms with Gasteiger partial charge in [0.05, 0.1) is 6.54 Å². The molecule has 0 radical (unpaired) electrons. The highest BCUT2D eigenvalue weighted by Crippen LogP contribution is 2.17. The third kappa shape index (κ3) is 7.21. The van der Waals surface area contributed by atoms with Crippen molar-refractivity contribution in [3.63, 3.8) is 0 Å². The molecule has 0 bridgehead atoms. The van der Waals surface area contributed by atoms with E-state index in [1.165, 1.54) is 0 Å². The van der Waals surface area contributed by atoms with Crippen LogP contribution in [0.25, 0.3) is 0 Å². The van der Waals surface area contributed by atoms with Gasteiger partial charge in [-0.25, -0.2) is 4.79 Å². The minimum Gasteiger partial charge on any atom is -0.338 e. The van der Waals surface area contributed by atoms with Gasteiger partial charge in [0.15, 0.2) is 0 Å². The molecule has 2 N–H and O–H groups in total. The van der Waals surface area contributed by atoms with Crippen LogP contribution in [0.4, 0.5) is 10.5 Å². The van der Waals surface area contributed by atoms with Crippen LogP contribution in [0.3, 0.4) is 0 Å². The molecule has 1 aromatic carbocycles. The van der Waals surface area contributed by atoms with Gasteiger partial charge >= 0.3 is 6.03 Å². The van der Waals surface area contributed by atoms with Crippen molar-refractivity contribution in [2.75, 3.05) is 44.6 Å². The number of rotatable bonds is 6. The summed E-state index contributed by atoms with van der Waals surface area (Å²) in [6.45, 7) is 12.4. The zero-order chi connectivity index (χ0) is 19.9. The van der Waals surface area contributed by atoms with Crippen LogP contribution in [0, 0.1) is 5.41 Å². The van der Waals surface area contributed by atoms with Crippen LogP contribution in [0.15, 0.2) is 24.3 Å². The van der Waals surface area contributed by atoms with Crippen molar-refractivity contribution in [3.05, 3.63) is 29.8 Å². The van der Waals surface area contributed by atoms with E-state index in [0.717, 1.165) is 37.2 Å². The molecule has 2 rings (SSSR count). The molecule has 0 aliphatic carbocycles. The number of piperazine rings is 1. The van der Waals surface area contributed by atoms with E-state index in [4.69, 9.17) is 0 Å². The molecule has 6 nitrogen and oxygen atoms in total. The Labute approximate surface area is 163 Å². The average molecular weight is 375 g/mol. The van der Waals surface area contributed by atoms with Crippen LogP contribution in [0.5, 0.6) is 0 Å². The number of aryl methyl sites for hydroxylation is 1. The summed E-state index contributed by atoms with van der Waals surface area (Å²) in [7, 11) is 0. The van der Waals surface area contributed by atoms with E-state index in [1.54, 1.807) is 0 Å². The Morgan fingerprint density at radius 1 is 1.07 bits per heavy atom. The molecule has 1 aliphatic rings. The fraction of sp³-hybridized carbons (Fsp3) is 0.619. The zero-order valence-electron chi connectivity index (χ0n) is 17.2. The molecule has 0 unspecified atom stereocenters. The fourth-order valence-electron chi connectivity index (χ4n) is 3.11. The summed E-state index contributed by atoms with van der Waals surface area (Å²) in [6, 6.07) is 7.90. The van der Waals surface area contributed by atoms with Crippen LogP contribution in [0.1, 0.15) is 39.7 Å². The first-order valence-corrected chi connectivity index (χ1v) is 9.91. The van der Waals surface area contributed by atoms with Crippen molar-refractivity contribution >= 4 is 17.6 Å². The van der Waals surface area contributed by atoms with E-state index in [-0.39, 0.29) is 17.4 Å². The Morgan fingerprint density at radius 3 is 2.37 bits per heavy atom. The number of hydrogen-bond acceptors (Lipinski definition) is 3. The maximum atomic E-state index is 12.4. The predicted molar refractivity (Wildman–Crippen MR) is 110 cm³/mol. The Bertz CT molecular complexity index is 631. The summed E-state index contributed by atoms with van der Waals surface area (Å²) in [4.78, 5) is 28.5. The first-order valence-electron chi connectivity index (χ1n) is 9.91. The Morgan fingerprint density at radius 2 is 1.74 bits per heavy atom. The molecular formula is C21H34N4O2. The summed E-state index contributed by atoms with van der Waals surface area (Å²) in [5.74, 6) is -0.000946. The second kappa shape index (κ2) is 9.74. The van der Waals surface area contributed by atoms with Crippen LogP contribution >= 0.6 is 0 Å². The number of urea groups is 1. The summed E-state index contributed by atoms with van der Waals surface area (Å²) in [6.07, 6.45) is 1.84. The molecule has 0 spiro atoms. The smallest absolute Gasteiger partial charge is 0.317 e. The summed E-state index contributed by atoms with van der Waals surface area (Å²) >= 11 is 0. The first kappa shape index (κ1) is 21.2. The molecule has 1 fully saturated rings. The van der Waals surface area contributed by atoms with Gasteiger partial charge in [0.2, 0.25) is 5.91 Å². The third-order valence-electron chi connectivity index (χ3n) is 4.85. The molecular weight excluding hydrogens is 340 g/mol. The Balaban J connectivity index is 1.72. The number of nitrogens with zero attached hydrogens (tertiary/aromatic N) is 2. The molecule has 0 aromatic heterocycles. The Hall–Kier alpha value is -2.08. The van der Waals surface area contributed by atoms with Gasteiger partial charge in [-0.05, 0) is 29.9 Å². The van der Waals surface area contributed by atoms with E-state index >= 15 is 0 Å². The standard InChI is InChI=1S/C21H34N4O2/c1-5-17-8-6-7-9-18(17)23-19(26)16-24-12-14-25(15-13-24)20(27)22-11-10-21(2,3)4/h6-9H,5,10-16H2,1-4H3,(H,22,27)(H,23,26). The lowest BCUT2D eigenvalue weighted by Gasteiger charge is -2.34. The predicted octanol–water partition coefficient (Wildman–Crippen LogP) is 2.95. The molecule has 6 heteroatoms. The average Bonchev–Trinajstić information content (AvgIpc) is 2.61. The van der Waals surface area contributed by atoms with Gasteiger partial charge in [0, 0.05) is 38.4 Å². The van der Waals surface area contributed by atoms with Crippen molar-refractivity contribution in [2.45, 2.75) is 40.5 Å². The molecule has 1 saturated heterocycles. The van der Waals surface area contributed by atoms with E-state index in [9.17, 15) is 9.59 Å². The lowest BCUT2D eigenvalue weighted by Crippen LogP contribution is -2.53.